The van der Waals surface area contributed by atoms with Crippen LogP contribution in [-0.4, -0.2) is 18.0 Å². The molecule has 114 valence electrons. The van der Waals surface area contributed by atoms with Crippen molar-refractivity contribution < 1.29 is 4.74 Å². The molecule has 1 aromatic carbocycles. The first-order valence-corrected chi connectivity index (χ1v) is 8.08. The summed E-state index contributed by atoms with van der Waals surface area (Å²) in [5.41, 5.74) is 7.53. The van der Waals surface area contributed by atoms with Gasteiger partial charge in [-0.3, -0.25) is 4.99 Å². The first kappa shape index (κ1) is 14.2. The van der Waals surface area contributed by atoms with Crippen molar-refractivity contribution in [2.24, 2.45) is 10.9 Å². The molecule has 21 heavy (non-hydrogen) atoms. The van der Waals surface area contributed by atoms with Gasteiger partial charge in [-0.15, -0.1) is 0 Å². The van der Waals surface area contributed by atoms with Gasteiger partial charge in [0.25, 0.3) is 0 Å². The van der Waals surface area contributed by atoms with Crippen molar-refractivity contribution in [2.45, 2.75) is 58.1 Å². The summed E-state index contributed by atoms with van der Waals surface area (Å²) in [5.74, 6) is 2.48. The zero-order valence-electron chi connectivity index (χ0n) is 12.9. The maximum Gasteiger partial charge on any atom is 0.155 e. The van der Waals surface area contributed by atoms with Gasteiger partial charge in [0, 0.05) is 11.8 Å². The highest BCUT2D eigenvalue weighted by molar-refractivity contribution is 6.02. The van der Waals surface area contributed by atoms with Crippen LogP contribution in [-0.2, 0) is 0 Å². The summed E-state index contributed by atoms with van der Waals surface area (Å²) in [5, 5.41) is 3.46. The van der Waals surface area contributed by atoms with E-state index in [1.807, 2.05) is 18.2 Å². The van der Waals surface area contributed by atoms with Crippen LogP contribution in [0.1, 0.15) is 46.0 Å². The van der Waals surface area contributed by atoms with Crippen LogP contribution in [0.25, 0.3) is 0 Å². The largest absolute Gasteiger partial charge is 0.480 e. The van der Waals surface area contributed by atoms with Gasteiger partial charge in [0.15, 0.2) is 6.10 Å². The molecule has 3 rings (SSSR count). The van der Waals surface area contributed by atoms with Crippen LogP contribution in [0.5, 0.6) is 5.75 Å². The number of nitrogen functional groups attached to an aromatic ring is 1. The highest BCUT2D eigenvalue weighted by Crippen LogP contribution is 2.33. The molecule has 0 bridgehead atoms. The lowest BCUT2D eigenvalue weighted by Crippen LogP contribution is -2.38. The van der Waals surface area contributed by atoms with Crippen molar-refractivity contribution in [1.29, 1.82) is 0 Å². The highest BCUT2D eigenvalue weighted by atomic mass is 16.5. The number of nitrogens with one attached hydrogen (secondary N) is 1. The Balaban J connectivity index is 1.86. The maximum absolute atomic E-state index is 6.08. The van der Waals surface area contributed by atoms with Gasteiger partial charge in [-0.05, 0) is 37.3 Å². The molecule has 1 aliphatic heterocycles. The molecule has 0 radical (unpaired) electrons. The van der Waals surface area contributed by atoms with E-state index in [-0.39, 0.29) is 6.10 Å². The fourth-order valence-corrected chi connectivity index (χ4v) is 3.23. The van der Waals surface area contributed by atoms with Gasteiger partial charge >= 0.3 is 0 Å². The van der Waals surface area contributed by atoms with Gasteiger partial charge in [0.2, 0.25) is 0 Å². The number of anilines is 2. The van der Waals surface area contributed by atoms with E-state index >= 15 is 0 Å². The molecular weight excluding hydrogens is 262 g/mol. The topological polar surface area (TPSA) is 59.6 Å². The Morgan fingerprint density at radius 1 is 1.33 bits per heavy atom. The second kappa shape index (κ2) is 5.96. The van der Waals surface area contributed by atoms with Crippen molar-refractivity contribution in [1.82, 2.24) is 0 Å². The van der Waals surface area contributed by atoms with Crippen LogP contribution in [0.3, 0.4) is 0 Å². The average Bonchev–Trinajstić information content (AvgIpc) is 2.49. The number of amidine groups is 1. The van der Waals surface area contributed by atoms with E-state index < -0.39 is 0 Å². The average molecular weight is 287 g/mol. The van der Waals surface area contributed by atoms with E-state index in [0.29, 0.717) is 12.0 Å². The Morgan fingerprint density at radius 3 is 2.90 bits per heavy atom. The first-order chi connectivity index (χ1) is 10.2. The molecular formula is C17H25N3O. The highest BCUT2D eigenvalue weighted by Gasteiger charge is 2.27. The Labute approximate surface area is 126 Å². The van der Waals surface area contributed by atoms with E-state index in [1.165, 1.54) is 25.7 Å². The first-order valence-electron chi connectivity index (χ1n) is 8.08. The number of nitrogens with two attached hydrogens (primary N) is 1. The third-order valence-corrected chi connectivity index (χ3v) is 4.58. The van der Waals surface area contributed by atoms with Crippen LogP contribution in [0.15, 0.2) is 23.2 Å². The zero-order chi connectivity index (χ0) is 14.8. The summed E-state index contributed by atoms with van der Waals surface area (Å²) in [7, 11) is 0. The molecule has 1 saturated carbocycles. The molecule has 3 atom stereocenters. The predicted molar refractivity (Wildman–Crippen MR) is 88.0 cm³/mol. The molecule has 4 nitrogen and oxygen atoms in total. The summed E-state index contributed by atoms with van der Waals surface area (Å²) in [4.78, 5) is 5.00. The number of ether oxygens (including phenoxy) is 1. The third-order valence-electron chi connectivity index (χ3n) is 4.58. The molecule has 3 unspecified atom stereocenters. The van der Waals surface area contributed by atoms with Crippen molar-refractivity contribution in [3.05, 3.63) is 18.2 Å². The molecule has 1 fully saturated rings. The van der Waals surface area contributed by atoms with Gasteiger partial charge < -0.3 is 15.8 Å². The fraction of sp³-hybridized carbons (Fsp3) is 0.588. The Hall–Kier alpha value is -1.71. The van der Waals surface area contributed by atoms with E-state index in [2.05, 4.69) is 19.2 Å². The lowest BCUT2D eigenvalue weighted by atomic mass is 9.86. The smallest absolute Gasteiger partial charge is 0.155 e. The second-order valence-corrected chi connectivity index (χ2v) is 6.24. The van der Waals surface area contributed by atoms with Crippen LogP contribution >= 0.6 is 0 Å². The second-order valence-electron chi connectivity index (χ2n) is 6.24. The minimum Gasteiger partial charge on any atom is -0.480 e. The predicted octanol–water partition coefficient (Wildman–Crippen LogP) is 3.83. The van der Waals surface area contributed by atoms with Crippen molar-refractivity contribution in [3.63, 3.8) is 0 Å². The molecule has 1 aliphatic carbocycles. The molecule has 1 aromatic rings. The molecule has 0 spiro atoms. The van der Waals surface area contributed by atoms with E-state index in [4.69, 9.17) is 15.5 Å². The molecule has 4 heteroatoms. The lowest BCUT2D eigenvalue weighted by molar-refractivity contribution is 0.255. The van der Waals surface area contributed by atoms with Gasteiger partial charge in [-0.1, -0.05) is 26.7 Å². The molecule has 3 N–H and O–H groups in total. The number of hydrogen-bond donors (Lipinski definition) is 2. The van der Waals surface area contributed by atoms with Crippen LogP contribution in [0, 0.1) is 5.92 Å². The van der Waals surface area contributed by atoms with Crippen LogP contribution in [0.4, 0.5) is 11.4 Å². The third kappa shape index (κ3) is 2.99. The van der Waals surface area contributed by atoms with E-state index in [1.54, 1.807) is 0 Å². The summed E-state index contributed by atoms with van der Waals surface area (Å²) in [6, 6.07) is 6.16. The normalized spacial score (nSPS) is 30.4. The summed E-state index contributed by atoms with van der Waals surface area (Å²) in [6.45, 7) is 4.44. The Morgan fingerprint density at radius 2 is 2.14 bits per heavy atom. The minimum absolute atomic E-state index is 0.00780. The van der Waals surface area contributed by atoms with Crippen LogP contribution in [0.2, 0.25) is 0 Å². The van der Waals surface area contributed by atoms with Crippen molar-refractivity contribution >= 4 is 17.2 Å². The standard InChI is InChI=1S/C17H25N3O/c1-3-15-17(19-13-7-5-4-6-11(13)2)20-14-9-8-12(18)10-16(14)21-15/h8-11,13,15H,3-7,18H2,1-2H3,(H,19,20). The summed E-state index contributed by atoms with van der Waals surface area (Å²) >= 11 is 0. The van der Waals surface area contributed by atoms with Crippen molar-refractivity contribution in [2.75, 3.05) is 11.1 Å². The number of nitrogens with zero attached hydrogens (tertiary/aromatic N) is 1. The van der Waals surface area contributed by atoms with E-state index in [9.17, 15) is 0 Å². The summed E-state index contributed by atoms with van der Waals surface area (Å²) in [6.07, 6.45) is 6.01. The van der Waals surface area contributed by atoms with Gasteiger partial charge in [-0.2, -0.15) is 0 Å². The Bertz CT molecular complexity index is 541. The number of hydrogen-bond acceptors (Lipinski definition) is 3. The number of fused-ring (bicyclic) bond motifs is 1. The van der Waals surface area contributed by atoms with E-state index in [0.717, 1.165) is 29.4 Å². The van der Waals surface area contributed by atoms with Gasteiger partial charge in [0.1, 0.15) is 11.6 Å². The number of aliphatic imine (C=N–C) groups is 1. The number of rotatable bonds is 2. The zero-order valence-corrected chi connectivity index (χ0v) is 12.9. The van der Waals surface area contributed by atoms with Crippen LogP contribution < -0.4 is 15.8 Å². The van der Waals surface area contributed by atoms with Crippen molar-refractivity contribution in [3.8, 4) is 5.75 Å². The molecule has 0 saturated heterocycles. The lowest BCUT2D eigenvalue weighted by Gasteiger charge is -2.32. The number of benzene rings is 1. The quantitative estimate of drug-likeness (QED) is 0.813. The minimum atomic E-state index is 0.00780. The fourth-order valence-electron chi connectivity index (χ4n) is 3.23. The summed E-state index contributed by atoms with van der Waals surface area (Å²) < 4.78 is 6.08. The SMILES string of the molecule is CCC1Oc2cc(N)ccc2NC1=NC1CCCCC1C. The molecule has 1 heterocycles. The molecule has 2 aliphatic rings. The Kier molecular flexibility index (Phi) is 4.04. The maximum atomic E-state index is 6.08. The van der Waals surface area contributed by atoms with Gasteiger partial charge in [-0.25, -0.2) is 0 Å². The van der Waals surface area contributed by atoms with Gasteiger partial charge in [0.05, 0.1) is 11.7 Å². The molecule has 0 aromatic heterocycles. The molecule has 0 amide bonds. The monoisotopic (exact) mass is 287 g/mol.